The van der Waals surface area contributed by atoms with Gasteiger partial charge >= 0.3 is 0 Å². The van der Waals surface area contributed by atoms with E-state index < -0.39 is 0 Å². The second-order valence-electron chi connectivity index (χ2n) is 4.22. The topological polar surface area (TPSA) is 66.0 Å². The maximum absolute atomic E-state index is 5.62. The fraction of sp³-hybridized carbons (Fsp3) is 0.385. The minimum Gasteiger partial charge on any atom is -0.497 e. The molecule has 0 aliphatic rings. The minimum atomic E-state index is 0.579. The second-order valence-corrected chi connectivity index (χ2v) is 6.01. The fourth-order valence-electron chi connectivity index (χ4n) is 1.79. The van der Waals surface area contributed by atoms with E-state index in [0.717, 1.165) is 39.1 Å². The van der Waals surface area contributed by atoms with Crippen molar-refractivity contribution in [1.82, 2.24) is 14.8 Å². The van der Waals surface area contributed by atoms with Gasteiger partial charge in [-0.05, 0) is 30.7 Å². The smallest absolute Gasteiger partial charge is 0.191 e. The van der Waals surface area contributed by atoms with Gasteiger partial charge in [-0.1, -0.05) is 27.7 Å². The number of hydrogen-bond acceptors (Lipinski definition) is 5. The summed E-state index contributed by atoms with van der Waals surface area (Å²) < 4.78 is 8.35. The van der Waals surface area contributed by atoms with Crippen molar-refractivity contribution in [3.8, 4) is 5.75 Å². The molecule has 0 amide bonds. The first-order valence-electron chi connectivity index (χ1n) is 6.20. The zero-order chi connectivity index (χ0) is 14.5. The zero-order valence-electron chi connectivity index (χ0n) is 11.5. The quantitative estimate of drug-likeness (QED) is 0.805. The van der Waals surface area contributed by atoms with Crippen LogP contribution in [0.3, 0.4) is 0 Å². The van der Waals surface area contributed by atoms with Crippen LogP contribution >= 0.6 is 27.7 Å². The number of nitrogens with zero attached hydrogens (tertiary/aromatic N) is 3. The Hall–Kier alpha value is -1.05. The average Bonchev–Trinajstić information content (AvgIpc) is 2.80. The third-order valence-corrected chi connectivity index (χ3v) is 4.65. The van der Waals surface area contributed by atoms with Gasteiger partial charge in [0, 0.05) is 23.3 Å². The van der Waals surface area contributed by atoms with Crippen LogP contribution in [0.25, 0.3) is 0 Å². The summed E-state index contributed by atoms with van der Waals surface area (Å²) in [5.74, 6) is 2.53. The molecule has 20 heavy (non-hydrogen) atoms. The molecule has 7 heteroatoms. The fourth-order valence-corrected chi connectivity index (χ4v) is 3.36. The SMILES string of the molecule is COc1ccc(Br)c(CSc2nnc(C)n2CCN)c1. The molecule has 1 aromatic heterocycles. The predicted octanol–water partition coefficient (Wildman–Crippen LogP) is 2.61. The maximum atomic E-state index is 5.62. The largest absolute Gasteiger partial charge is 0.497 e. The lowest BCUT2D eigenvalue weighted by atomic mass is 10.2. The van der Waals surface area contributed by atoms with Crippen LogP contribution < -0.4 is 10.5 Å². The van der Waals surface area contributed by atoms with Gasteiger partial charge in [0.15, 0.2) is 5.16 Å². The summed E-state index contributed by atoms with van der Waals surface area (Å²) in [6, 6.07) is 5.94. The molecule has 0 aliphatic heterocycles. The number of aromatic nitrogens is 3. The summed E-state index contributed by atoms with van der Waals surface area (Å²) in [4.78, 5) is 0. The minimum absolute atomic E-state index is 0.579. The van der Waals surface area contributed by atoms with Crippen molar-refractivity contribution in [2.24, 2.45) is 5.73 Å². The van der Waals surface area contributed by atoms with E-state index in [1.165, 1.54) is 0 Å². The molecule has 0 saturated carbocycles. The first-order valence-corrected chi connectivity index (χ1v) is 7.98. The van der Waals surface area contributed by atoms with Gasteiger partial charge in [0.25, 0.3) is 0 Å². The lowest BCUT2D eigenvalue weighted by Crippen LogP contribution is -2.12. The molecule has 2 N–H and O–H groups in total. The third kappa shape index (κ3) is 3.53. The standard InChI is InChI=1S/C13H17BrN4OS/c1-9-16-17-13(18(9)6-5-15)20-8-10-7-11(19-2)3-4-12(10)14/h3-4,7H,5-6,8,15H2,1-2H3. The van der Waals surface area contributed by atoms with Crippen molar-refractivity contribution in [2.45, 2.75) is 24.4 Å². The van der Waals surface area contributed by atoms with Crippen LogP contribution in [-0.2, 0) is 12.3 Å². The summed E-state index contributed by atoms with van der Waals surface area (Å²) in [5, 5.41) is 9.19. The molecule has 0 fully saturated rings. The highest BCUT2D eigenvalue weighted by atomic mass is 79.9. The average molecular weight is 357 g/mol. The van der Waals surface area contributed by atoms with Crippen LogP contribution in [0.1, 0.15) is 11.4 Å². The molecule has 5 nitrogen and oxygen atoms in total. The molecular weight excluding hydrogens is 340 g/mol. The summed E-state index contributed by atoms with van der Waals surface area (Å²) in [7, 11) is 1.67. The molecule has 2 rings (SSSR count). The number of hydrogen-bond donors (Lipinski definition) is 1. The van der Waals surface area contributed by atoms with E-state index in [1.807, 2.05) is 29.7 Å². The lowest BCUT2D eigenvalue weighted by Gasteiger charge is -2.08. The van der Waals surface area contributed by atoms with Crippen molar-refractivity contribution < 1.29 is 4.74 Å². The second kappa shape index (κ2) is 7.10. The van der Waals surface area contributed by atoms with Gasteiger partial charge in [-0.15, -0.1) is 10.2 Å². The van der Waals surface area contributed by atoms with Gasteiger partial charge < -0.3 is 15.0 Å². The Labute approximate surface area is 131 Å². The maximum Gasteiger partial charge on any atom is 0.191 e. The monoisotopic (exact) mass is 356 g/mol. The first kappa shape index (κ1) is 15.3. The molecule has 0 saturated heterocycles. The van der Waals surface area contributed by atoms with Gasteiger partial charge in [-0.2, -0.15) is 0 Å². The number of methoxy groups -OCH3 is 1. The Morgan fingerprint density at radius 2 is 2.20 bits per heavy atom. The van der Waals surface area contributed by atoms with Crippen LogP contribution in [0, 0.1) is 6.92 Å². The third-order valence-electron chi connectivity index (χ3n) is 2.86. The van der Waals surface area contributed by atoms with Gasteiger partial charge in [-0.25, -0.2) is 0 Å². The summed E-state index contributed by atoms with van der Waals surface area (Å²) >= 11 is 5.20. The predicted molar refractivity (Wildman–Crippen MR) is 84.1 cm³/mol. The van der Waals surface area contributed by atoms with Crippen molar-refractivity contribution in [1.29, 1.82) is 0 Å². The Morgan fingerprint density at radius 3 is 2.90 bits per heavy atom. The normalized spacial score (nSPS) is 10.8. The first-order chi connectivity index (χ1) is 9.65. The van der Waals surface area contributed by atoms with Crippen LogP contribution in [0.4, 0.5) is 0 Å². The Morgan fingerprint density at radius 1 is 1.40 bits per heavy atom. The van der Waals surface area contributed by atoms with Crippen LogP contribution in [-0.4, -0.2) is 28.4 Å². The Balaban J connectivity index is 2.12. The van der Waals surface area contributed by atoms with Crippen molar-refractivity contribution in [3.05, 3.63) is 34.1 Å². The number of nitrogens with two attached hydrogens (primary N) is 1. The van der Waals surface area contributed by atoms with Crippen molar-refractivity contribution in [3.63, 3.8) is 0 Å². The van der Waals surface area contributed by atoms with E-state index in [0.29, 0.717) is 6.54 Å². The highest BCUT2D eigenvalue weighted by Gasteiger charge is 2.10. The molecule has 0 spiro atoms. The van der Waals surface area contributed by atoms with Gasteiger partial charge in [0.05, 0.1) is 7.11 Å². The molecule has 1 heterocycles. The van der Waals surface area contributed by atoms with Crippen LogP contribution in [0.15, 0.2) is 27.8 Å². The number of benzene rings is 1. The Kier molecular flexibility index (Phi) is 5.45. The van der Waals surface area contributed by atoms with E-state index in [2.05, 4.69) is 26.1 Å². The molecule has 0 unspecified atom stereocenters. The summed E-state index contributed by atoms with van der Waals surface area (Å²) in [5.41, 5.74) is 6.78. The number of thioether (sulfide) groups is 1. The molecule has 0 radical (unpaired) electrons. The van der Waals surface area contributed by atoms with E-state index in [1.54, 1.807) is 18.9 Å². The summed E-state index contributed by atoms with van der Waals surface area (Å²) in [6.45, 7) is 3.25. The van der Waals surface area contributed by atoms with Crippen LogP contribution in [0.5, 0.6) is 5.75 Å². The Bertz CT molecular complexity index is 588. The molecule has 0 bridgehead atoms. The number of rotatable bonds is 6. The molecular formula is C13H17BrN4OS. The van der Waals surface area contributed by atoms with E-state index >= 15 is 0 Å². The zero-order valence-corrected chi connectivity index (χ0v) is 13.9. The van der Waals surface area contributed by atoms with Gasteiger partial charge in [0.1, 0.15) is 11.6 Å². The number of halogens is 1. The van der Waals surface area contributed by atoms with Gasteiger partial charge in [-0.3, -0.25) is 0 Å². The molecule has 1 aromatic carbocycles. The molecule has 2 aromatic rings. The lowest BCUT2D eigenvalue weighted by molar-refractivity contribution is 0.414. The molecule has 0 atom stereocenters. The van der Waals surface area contributed by atoms with E-state index in [9.17, 15) is 0 Å². The summed E-state index contributed by atoms with van der Waals surface area (Å²) in [6.07, 6.45) is 0. The van der Waals surface area contributed by atoms with E-state index in [-0.39, 0.29) is 0 Å². The molecule has 0 aliphatic carbocycles. The molecule has 108 valence electrons. The van der Waals surface area contributed by atoms with Crippen molar-refractivity contribution in [2.75, 3.05) is 13.7 Å². The number of ether oxygens (including phenoxy) is 1. The highest BCUT2D eigenvalue weighted by Crippen LogP contribution is 2.29. The van der Waals surface area contributed by atoms with E-state index in [4.69, 9.17) is 10.5 Å². The van der Waals surface area contributed by atoms with Crippen molar-refractivity contribution >= 4 is 27.7 Å². The van der Waals surface area contributed by atoms with Gasteiger partial charge in [0.2, 0.25) is 0 Å². The van der Waals surface area contributed by atoms with Crippen LogP contribution in [0.2, 0.25) is 0 Å². The number of aryl methyl sites for hydroxylation is 1. The highest BCUT2D eigenvalue weighted by molar-refractivity contribution is 9.10.